The average Bonchev–Trinajstić information content (AvgIpc) is 2.69. The van der Waals surface area contributed by atoms with E-state index in [1.165, 1.54) is 0 Å². The van der Waals surface area contributed by atoms with Crippen LogP contribution in [-0.4, -0.2) is 21.1 Å². The zero-order chi connectivity index (χ0) is 12.1. The molecule has 2 rings (SSSR count). The molecule has 0 aliphatic heterocycles. The van der Waals surface area contributed by atoms with E-state index >= 15 is 0 Å². The first-order valence-electron chi connectivity index (χ1n) is 5.75. The van der Waals surface area contributed by atoms with Crippen molar-refractivity contribution >= 4 is 22.8 Å². The number of para-hydroxylation sites is 2. The molecule has 3 nitrogen and oxygen atoms in total. The summed E-state index contributed by atoms with van der Waals surface area (Å²) in [5.74, 6) is 3.07. The lowest BCUT2D eigenvalue weighted by Crippen LogP contribution is -2.05. The first-order chi connectivity index (χ1) is 8.36. The summed E-state index contributed by atoms with van der Waals surface area (Å²) in [6, 6.07) is 10.3. The third kappa shape index (κ3) is 2.62. The van der Waals surface area contributed by atoms with Gasteiger partial charge in [-0.2, -0.15) is 17.0 Å². The number of nitrogens with zero attached hydrogens (tertiary/aromatic N) is 3. The molecule has 0 saturated carbocycles. The summed E-state index contributed by atoms with van der Waals surface area (Å²) in [5.41, 5.74) is 2.12. The zero-order valence-electron chi connectivity index (χ0n) is 9.89. The van der Waals surface area contributed by atoms with E-state index in [2.05, 4.69) is 28.6 Å². The molecule has 0 saturated heterocycles. The molecule has 17 heavy (non-hydrogen) atoms. The number of nitriles is 1. The van der Waals surface area contributed by atoms with Crippen molar-refractivity contribution in [2.24, 2.45) is 0 Å². The van der Waals surface area contributed by atoms with Crippen LogP contribution in [0.5, 0.6) is 0 Å². The van der Waals surface area contributed by atoms with Crippen LogP contribution in [-0.2, 0) is 13.0 Å². The van der Waals surface area contributed by atoms with Gasteiger partial charge in [-0.3, -0.25) is 0 Å². The molecule has 2 aromatic rings. The number of hydrogen-bond donors (Lipinski definition) is 0. The third-order valence-corrected chi connectivity index (χ3v) is 3.51. The number of benzene rings is 1. The Balaban J connectivity index is 2.34. The molecule has 0 atom stereocenters. The minimum absolute atomic E-state index is 0.380. The highest BCUT2D eigenvalue weighted by Crippen LogP contribution is 2.17. The minimum atomic E-state index is 0.380. The fourth-order valence-electron chi connectivity index (χ4n) is 1.88. The van der Waals surface area contributed by atoms with E-state index in [0.717, 1.165) is 34.9 Å². The summed E-state index contributed by atoms with van der Waals surface area (Å²) in [6.07, 6.45) is 0.380. The summed E-state index contributed by atoms with van der Waals surface area (Å²) in [5, 5.41) is 8.83. The topological polar surface area (TPSA) is 41.6 Å². The van der Waals surface area contributed by atoms with E-state index in [1.54, 1.807) is 0 Å². The molecule has 4 heteroatoms. The zero-order valence-corrected chi connectivity index (χ0v) is 10.7. The van der Waals surface area contributed by atoms with Gasteiger partial charge in [0.1, 0.15) is 5.82 Å². The Morgan fingerprint density at radius 3 is 3.00 bits per heavy atom. The fourth-order valence-corrected chi connectivity index (χ4v) is 2.48. The van der Waals surface area contributed by atoms with Gasteiger partial charge in [-0.15, -0.1) is 0 Å². The number of aryl methyl sites for hydroxylation is 1. The lowest BCUT2D eigenvalue weighted by Gasteiger charge is -2.06. The number of rotatable bonds is 5. The smallest absolute Gasteiger partial charge is 0.124 e. The molecule has 0 radical (unpaired) electrons. The van der Waals surface area contributed by atoms with Crippen molar-refractivity contribution in [1.82, 2.24) is 9.55 Å². The second-order valence-corrected chi connectivity index (χ2v) is 5.09. The van der Waals surface area contributed by atoms with Crippen LogP contribution in [0.1, 0.15) is 12.7 Å². The normalized spacial score (nSPS) is 10.6. The molecule has 0 spiro atoms. The molecule has 0 aliphatic rings. The first-order valence-corrected chi connectivity index (χ1v) is 6.91. The van der Waals surface area contributed by atoms with Gasteiger partial charge in [0.15, 0.2) is 0 Å². The van der Waals surface area contributed by atoms with Crippen molar-refractivity contribution in [3.63, 3.8) is 0 Å². The van der Waals surface area contributed by atoms with Crippen LogP contribution < -0.4 is 0 Å². The maximum atomic E-state index is 8.83. The van der Waals surface area contributed by atoms with Crippen LogP contribution in [0.15, 0.2) is 24.3 Å². The first kappa shape index (κ1) is 12.0. The van der Waals surface area contributed by atoms with Crippen LogP contribution in [0.3, 0.4) is 0 Å². The molecule has 0 fully saturated rings. The van der Waals surface area contributed by atoms with E-state index in [0.29, 0.717) is 6.42 Å². The lowest BCUT2D eigenvalue weighted by molar-refractivity contribution is 0.747. The van der Waals surface area contributed by atoms with Crippen LogP contribution in [0.25, 0.3) is 11.0 Å². The Bertz CT molecular complexity index is 539. The van der Waals surface area contributed by atoms with Crippen molar-refractivity contribution in [3.8, 4) is 6.07 Å². The maximum Gasteiger partial charge on any atom is 0.124 e. The van der Waals surface area contributed by atoms with Crippen LogP contribution in [0.4, 0.5) is 0 Å². The number of hydrogen-bond acceptors (Lipinski definition) is 3. The van der Waals surface area contributed by atoms with Crippen molar-refractivity contribution in [2.75, 3.05) is 11.5 Å². The number of thioether (sulfide) groups is 1. The number of imidazole rings is 1. The quantitative estimate of drug-likeness (QED) is 0.761. The van der Waals surface area contributed by atoms with Gasteiger partial charge in [-0.05, 0) is 17.9 Å². The van der Waals surface area contributed by atoms with Crippen molar-refractivity contribution < 1.29 is 0 Å². The van der Waals surface area contributed by atoms with Gasteiger partial charge in [-0.25, -0.2) is 4.98 Å². The van der Waals surface area contributed by atoms with Gasteiger partial charge in [-0.1, -0.05) is 19.1 Å². The Morgan fingerprint density at radius 1 is 1.41 bits per heavy atom. The molecular weight excluding hydrogens is 230 g/mol. The van der Waals surface area contributed by atoms with Crippen molar-refractivity contribution in [2.45, 2.75) is 19.9 Å². The van der Waals surface area contributed by atoms with Gasteiger partial charge in [0.2, 0.25) is 0 Å². The summed E-state index contributed by atoms with van der Waals surface area (Å²) < 4.78 is 2.17. The van der Waals surface area contributed by atoms with Crippen molar-refractivity contribution in [1.29, 1.82) is 5.26 Å². The maximum absolute atomic E-state index is 8.83. The number of fused-ring (bicyclic) bond motifs is 1. The van der Waals surface area contributed by atoms with E-state index in [1.807, 2.05) is 30.0 Å². The molecule has 1 aromatic heterocycles. The molecule has 0 amide bonds. The van der Waals surface area contributed by atoms with Crippen LogP contribution >= 0.6 is 11.8 Å². The summed E-state index contributed by atoms with van der Waals surface area (Å²) in [4.78, 5) is 4.51. The third-order valence-electron chi connectivity index (χ3n) is 2.63. The SMILES string of the molecule is CCSCCn1c(CC#N)nc2ccccc21. The molecule has 0 bridgehead atoms. The molecule has 1 aromatic carbocycles. The molecule has 0 aliphatic carbocycles. The highest BCUT2D eigenvalue weighted by molar-refractivity contribution is 7.99. The average molecular weight is 245 g/mol. The molecule has 0 N–H and O–H groups in total. The van der Waals surface area contributed by atoms with Gasteiger partial charge in [0.25, 0.3) is 0 Å². The summed E-state index contributed by atoms with van der Waals surface area (Å²) in [7, 11) is 0. The Kier molecular flexibility index (Phi) is 4.05. The lowest BCUT2D eigenvalue weighted by atomic mass is 10.3. The second-order valence-electron chi connectivity index (χ2n) is 3.70. The number of aromatic nitrogens is 2. The van der Waals surface area contributed by atoms with Gasteiger partial charge < -0.3 is 4.57 Å². The van der Waals surface area contributed by atoms with E-state index in [9.17, 15) is 0 Å². The minimum Gasteiger partial charge on any atom is -0.326 e. The highest BCUT2D eigenvalue weighted by Gasteiger charge is 2.09. The molecule has 88 valence electrons. The summed E-state index contributed by atoms with van der Waals surface area (Å²) in [6.45, 7) is 3.09. The molecule has 0 unspecified atom stereocenters. The van der Waals surface area contributed by atoms with Crippen LogP contribution in [0.2, 0.25) is 0 Å². The Hall–Kier alpha value is -1.47. The molecular formula is C13H15N3S. The second kappa shape index (κ2) is 5.74. The van der Waals surface area contributed by atoms with E-state index in [4.69, 9.17) is 5.26 Å². The predicted molar refractivity (Wildman–Crippen MR) is 72.0 cm³/mol. The highest BCUT2D eigenvalue weighted by atomic mass is 32.2. The van der Waals surface area contributed by atoms with Gasteiger partial charge in [0.05, 0.1) is 23.5 Å². The van der Waals surface area contributed by atoms with E-state index < -0.39 is 0 Å². The predicted octanol–water partition coefficient (Wildman–Crippen LogP) is 2.86. The monoisotopic (exact) mass is 245 g/mol. The Labute approximate surface area is 105 Å². The Morgan fingerprint density at radius 2 is 2.24 bits per heavy atom. The summed E-state index contributed by atoms with van der Waals surface area (Å²) >= 11 is 1.91. The largest absolute Gasteiger partial charge is 0.326 e. The van der Waals surface area contributed by atoms with Gasteiger partial charge in [0, 0.05) is 12.3 Å². The molecule has 1 heterocycles. The fraction of sp³-hybridized carbons (Fsp3) is 0.385. The standard InChI is InChI=1S/C13H15N3S/c1-2-17-10-9-16-12-6-4-3-5-11(12)15-13(16)7-8-14/h3-6H,2,7,9-10H2,1H3. The van der Waals surface area contributed by atoms with Crippen molar-refractivity contribution in [3.05, 3.63) is 30.1 Å². The van der Waals surface area contributed by atoms with Crippen LogP contribution in [0, 0.1) is 11.3 Å². The van der Waals surface area contributed by atoms with Gasteiger partial charge >= 0.3 is 0 Å². The van der Waals surface area contributed by atoms with E-state index in [-0.39, 0.29) is 0 Å².